The molecule has 0 unspecified atom stereocenters. The zero-order valence-electron chi connectivity index (χ0n) is 19.1. The Morgan fingerprint density at radius 2 is 1.55 bits per heavy atom. The lowest BCUT2D eigenvalue weighted by atomic mass is 10.0. The van der Waals surface area contributed by atoms with E-state index in [0.29, 0.717) is 40.0 Å². The van der Waals surface area contributed by atoms with Gasteiger partial charge in [0.1, 0.15) is 5.52 Å². The molecule has 0 aliphatic heterocycles. The number of aryl methyl sites for hydroxylation is 1. The van der Waals surface area contributed by atoms with Crippen molar-refractivity contribution in [2.24, 2.45) is 0 Å². The van der Waals surface area contributed by atoms with Gasteiger partial charge in [-0.2, -0.15) is 0 Å². The zero-order chi connectivity index (χ0) is 23.5. The second kappa shape index (κ2) is 9.16. The van der Waals surface area contributed by atoms with Gasteiger partial charge in [-0.15, -0.1) is 0 Å². The predicted octanol–water partition coefficient (Wildman–Crippen LogP) is 5.47. The van der Waals surface area contributed by atoms with Gasteiger partial charge in [-0.05, 0) is 66.1 Å². The van der Waals surface area contributed by atoms with Crippen molar-refractivity contribution in [3.05, 3.63) is 71.1 Å². The summed E-state index contributed by atoms with van der Waals surface area (Å²) in [6, 6.07) is 14.6. The number of aromatic hydroxyl groups is 1. The minimum absolute atomic E-state index is 0.0568. The number of phenolic OH excluding ortho intramolecular Hbond substituents is 1. The Balaban J connectivity index is 1.97. The van der Waals surface area contributed by atoms with Crippen LogP contribution in [0.3, 0.4) is 0 Å². The monoisotopic (exact) mass is 447 g/mol. The molecule has 170 valence electrons. The van der Waals surface area contributed by atoms with Crippen LogP contribution in [-0.2, 0) is 0 Å². The first-order valence-corrected chi connectivity index (χ1v) is 10.2. The number of methoxy groups -OCH3 is 4. The predicted molar refractivity (Wildman–Crippen MR) is 126 cm³/mol. The highest BCUT2D eigenvalue weighted by Crippen LogP contribution is 2.42. The summed E-state index contributed by atoms with van der Waals surface area (Å²) in [5.74, 6) is 2.35. The molecule has 0 spiro atoms. The number of rotatable bonds is 7. The highest BCUT2D eigenvalue weighted by Gasteiger charge is 2.20. The summed E-state index contributed by atoms with van der Waals surface area (Å²) in [6.45, 7) is 2.01. The average molecular weight is 447 g/mol. The molecule has 7 heteroatoms. The van der Waals surface area contributed by atoms with Gasteiger partial charge in [0.15, 0.2) is 28.6 Å². The Hall–Kier alpha value is -4.13. The van der Waals surface area contributed by atoms with Crippen LogP contribution < -0.4 is 18.9 Å². The molecule has 0 bridgehead atoms. The fourth-order valence-electron chi connectivity index (χ4n) is 3.61. The Morgan fingerprint density at radius 3 is 2.18 bits per heavy atom. The largest absolute Gasteiger partial charge is 0.504 e. The number of nitrogens with zero attached hydrogens (tertiary/aromatic N) is 1. The number of hydrogen-bond donors (Lipinski definition) is 1. The molecule has 0 aliphatic rings. The van der Waals surface area contributed by atoms with Gasteiger partial charge in [-0.1, -0.05) is 12.1 Å². The van der Waals surface area contributed by atoms with Crippen LogP contribution in [0.4, 0.5) is 0 Å². The molecule has 4 aromatic rings. The number of hydrogen-bond acceptors (Lipinski definition) is 7. The van der Waals surface area contributed by atoms with E-state index >= 15 is 0 Å². The fourth-order valence-corrected chi connectivity index (χ4v) is 3.61. The van der Waals surface area contributed by atoms with E-state index in [0.717, 1.165) is 22.2 Å². The van der Waals surface area contributed by atoms with Gasteiger partial charge in [-0.25, -0.2) is 4.98 Å². The maximum absolute atomic E-state index is 10.00. The summed E-state index contributed by atoms with van der Waals surface area (Å²) < 4.78 is 28.0. The van der Waals surface area contributed by atoms with E-state index in [1.54, 1.807) is 39.5 Å². The van der Waals surface area contributed by atoms with Gasteiger partial charge in [0, 0.05) is 5.57 Å². The van der Waals surface area contributed by atoms with E-state index in [-0.39, 0.29) is 5.75 Å². The molecule has 0 amide bonds. The molecule has 0 aliphatic carbocycles. The number of aromatic nitrogens is 1. The molecule has 0 atom stereocenters. The van der Waals surface area contributed by atoms with E-state index in [2.05, 4.69) is 0 Å². The van der Waals surface area contributed by atoms with Crippen molar-refractivity contribution in [1.29, 1.82) is 0 Å². The van der Waals surface area contributed by atoms with Gasteiger partial charge < -0.3 is 28.5 Å². The van der Waals surface area contributed by atoms with E-state index < -0.39 is 0 Å². The number of oxazole rings is 1. The van der Waals surface area contributed by atoms with E-state index in [1.165, 1.54) is 7.11 Å². The molecule has 1 aromatic heterocycles. The Kier molecular flexibility index (Phi) is 6.13. The second-order valence-corrected chi connectivity index (χ2v) is 7.39. The lowest BCUT2D eigenvalue weighted by Gasteiger charge is -2.15. The number of benzene rings is 3. The van der Waals surface area contributed by atoms with Crippen LogP contribution >= 0.6 is 0 Å². The maximum Gasteiger partial charge on any atom is 0.227 e. The van der Waals surface area contributed by atoms with Crippen LogP contribution in [0.2, 0.25) is 0 Å². The molecule has 4 rings (SSSR count). The summed E-state index contributed by atoms with van der Waals surface area (Å²) in [4.78, 5) is 4.73. The minimum atomic E-state index is 0.0568. The van der Waals surface area contributed by atoms with Gasteiger partial charge in [0.25, 0.3) is 0 Å². The van der Waals surface area contributed by atoms with Crippen LogP contribution in [-0.4, -0.2) is 38.5 Å². The van der Waals surface area contributed by atoms with Crippen molar-refractivity contribution in [3.8, 4) is 28.7 Å². The standard InChI is InChI=1S/C26H25NO6/c1-15-6-9-21-19(10-15)27-26(33-21)18(11-16-7-8-20(28)22(12-16)29-2)17-13-23(30-3)25(32-5)24(14-17)31-4/h6-14,28H,1-5H3/b18-11+. The Morgan fingerprint density at radius 1 is 0.848 bits per heavy atom. The molecule has 1 heterocycles. The molecule has 0 fully saturated rings. The molecular formula is C26H25NO6. The quantitative estimate of drug-likeness (QED) is 0.376. The third-order valence-corrected chi connectivity index (χ3v) is 5.26. The SMILES string of the molecule is COc1cc(/C=C(\c2cc(OC)c(OC)c(OC)c2)c2nc3cc(C)ccc3o2)ccc1O. The van der Waals surface area contributed by atoms with Gasteiger partial charge in [-0.3, -0.25) is 0 Å². The highest BCUT2D eigenvalue weighted by atomic mass is 16.5. The fraction of sp³-hybridized carbons (Fsp3) is 0.192. The topological polar surface area (TPSA) is 83.2 Å². The molecule has 1 N–H and O–H groups in total. The summed E-state index contributed by atoms with van der Waals surface area (Å²) in [5.41, 5.74) is 4.75. The van der Waals surface area contributed by atoms with Crippen molar-refractivity contribution in [2.75, 3.05) is 28.4 Å². The van der Waals surface area contributed by atoms with Gasteiger partial charge >= 0.3 is 0 Å². The minimum Gasteiger partial charge on any atom is -0.504 e. The molecule has 0 saturated heterocycles. The first-order valence-electron chi connectivity index (χ1n) is 10.2. The average Bonchev–Trinajstić information content (AvgIpc) is 3.25. The molecular weight excluding hydrogens is 422 g/mol. The van der Waals surface area contributed by atoms with Crippen LogP contribution in [0.1, 0.15) is 22.6 Å². The molecule has 33 heavy (non-hydrogen) atoms. The van der Waals surface area contributed by atoms with Crippen molar-refractivity contribution >= 4 is 22.7 Å². The lowest BCUT2D eigenvalue weighted by molar-refractivity contribution is 0.324. The van der Waals surface area contributed by atoms with E-state index in [9.17, 15) is 5.11 Å². The van der Waals surface area contributed by atoms with E-state index in [4.69, 9.17) is 28.3 Å². The summed E-state index contributed by atoms with van der Waals surface area (Å²) in [6.07, 6.45) is 1.90. The number of fused-ring (bicyclic) bond motifs is 1. The third kappa shape index (κ3) is 4.30. The zero-order valence-corrected chi connectivity index (χ0v) is 19.1. The Labute approximate surface area is 191 Å². The van der Waals surface area contributed by atoms with Crippen LogP contribution in [0, 0.1) is 6.92 Å². The molecule has 0 radical (unpaired) electrons. The van der Waals surface area contributed by atoms with E-state index in [1.807, 2.05) is 43.3 Å². The highest BCUT2D eigenvalue weighted by molar-refractivity contribution is 5.92. The first kappa shape index (κ1) is 22.1. The van der Waals surface area contributed by atoms with Crippen LogP contribution in [0.25, 0.3) is 22.7 Å². The normalized spacial score (nSPS) is 11.5. The maximum atomic E-state index is 10.00. The summed E-state index contributed by atoms with van der Waals surface area (Å²) in [5, 5.41) is 10.00. The molecule has 3 aromatic carbocycles. The van der Waals surface area contributed by atoms with Gasteiger partial charge in [0.05, 0.1) is 28.4 Å². The number of phenols is 1. The Bertz CT molecular complexity index is 1310. The van der Waals surface area contributed by atoms with Crippen molar-refractivity contribution in [3.63, 3.8) is 0 Å². The number of ether oxygens (including phenoxy) is 4. The molecule has 0 saturated carbocycles. The lowest BCUT2D eigenvalue weighted by Crippen LogP contribution is -1.98. The smallest absolute Gasteiger partial charge is 0.227 e. The summed E-state index contributed by atoms with van der Waals surface area (Å²) in [7, 11) is 6.20. The van der Waals surface area contributed by atoms with Crippen molar-refractivity contribution in [2.45, 2.75) is 6.92 Å². The van der Waals surface area contributed by atoms with Gasteiger partial charge in [0.2, 0.25) is 11.6 Å². The van der Waals surface area contributed by atoms with Crippen molar-refractivity contribution < 1.29 is 28.5 Å². The molecule has 7 nitrogen and oxygen atoms in total. The van der Waals surface area contributed by atoms with Crippen LogP contribution in [0.5, 0.6) is 28.7 Å². The summed E-state index contributed by atoms with van der Waals surface area (Å²) >= 11 is 0. The third-order valence-electron chi connectivity index (χ3n) is 5.26. The second-order valence-electron chi connectivity index (χ2n) is 7.39. The first-order chi connectivity index (χ1) is 16.0. The van der Waals surface area contributed by atoms with Crippen LogP contribution in [0.15, 0.2) is 52.9 Å². The van der Waals surface area contributed by atoms with Crippen molar-refractivity contribution in [1.82, 2.24) is 4.98 Å².